The van der Waals surface area contributed by atoms with Gasteiger partial charge in [0.05, 0.1) is 18.3 Å². The first-order valence-corrected chi connectivity index (χ1v) is 13.2. The molecule has 1 aliphatic rings. The quantitative estimate of drug-likeness (QED) is 0.322. The number of carbonyl (C=O) groups excluding carboxylic acids is 1. The van der Waals surface area contributed by atoms with Crippen LogP contribution in [0.5, 0.6) is 0 Å². The third-order valence-electron chi connectivity index (χ3n) is 7.30. The maximum Gasteiger partial charge on any atom is 0.333 e. The van der Waals surface area contributed by atoms with Gasteiger partial charge in [0.1, 0.15) is 6.04 Å². The fourth-order valence-electron chi connectivity index (χ4n) is 5.19. The number of anilines is 1. The van der Waals surface area contributed by atoms with Crippen LogP contribution in [0.25, 0.3) is 5.69 Å². The molecule has 2 atom stereocenters. The molecule has 0 aliphatic carbocycles. The van der Waals surface area contributed by atoms with Gasteiger partial charge in [0.15, 0.2) is 0 Å². The first-order valence-electron chi connectivity index (χ1n) is 13.2. The Labute approximate surface area is 223 Å². The van der Waals surface area contributed by atoms with E-state index in [1.54, 1.807) is 9.13 Å². The maximum atomic E-state index is 13.2. The van der Waals surface area contributed by atoms with Crippen LogP contribution in [0, 0.1) is 0 Å². The van der Waals surface area contributed by atoms with Gasteiger partial charge in [0.2, 0.25) is 0 Å². The van der Waals surface area contributed by atoms with Crippen LogP contribution in [-0.2, 0) is 9.53 Å². The van der Waals surface area contributed by atoms with Crippen LogP contribution in [0.3, 0.4) is 0 Å². The van der Waals surface area contributed by atoms with E-state index >= 15 is 0 Å². The van der Waals surface area contributed by atoms with Crippen molar-refractivity contribution in [3.05, 3.63) is 119 Å². The Kier molecular flexibility index (Phi) is 7.75. The number of nitrogens with zero attached hydrogens (tertiary/aromatic N) is 4. The van der Waals surface area contributed by atoms with Crippen LogP contribution in [0.15, 0.2) is 102 Å². The second-order valence-corrected chi connectivity index (χ2v) is 9.55. The summed E-state index contributed by atoms with van der Waals surface area (Å²) in [6, 6.07) is 27.6. The normalized spacial score (nSPS) is 15.7. The first-order chi connectivity index (χ1) is 18.6. The monoisotopic (exact) mass is 510 g/mol. The average molecular weight is 511 g/mol. The van der Waals surface area contributed by atoms with Crippen LogP contribution in [0.4, 0.5) is 5.69 Å². The highest BCUT2D eigenvalue weighted by Crippen LogP contribution is 2.26. The third-order valence-corrected chi connectivity index (χ3v) is 7.30. The summed E-state index contributed by atoms with van der Waals surface area (Å²) in [6.07, 6.45) is 3.68. The average Bonchev–Trinajstić information content (AvgIpc) is 3.35. The van der Waals surface area contributed by atoms with Crippen LogP contribution in [-0.4, -0.2) is 52.8 Å². The molecular formula is C31H34N4O3. The Morgan fingerprint density at radius 1 is 0.789 bits per heavy atom. The molecule has 7 nitrogen and oxygen atoms in total. The SMILES string of the molecule is CCOC(=O)[C@H](c1ccccc1)N1CCN(c2ccc(-n3ccn([C@H](C)c4ccccc4)c3=O)cc2)CC1. The molecule has 0 N–H and O–H groups in total. The number of hydrogen-bond acceptors (Lipinski definition) is 5. The number of hydrogen-bond donors (Lipinski definition) is 0. The molecule has 1 fully saturated rings. The molecule has 3 aromatic carbocycles. The Hall–Kier alpha value is -4.10. The predicted molar refractivity (Wildman–Crippen MR) is 150 cm³/mol. The van der Waals surface area contributed by atoms with E-state index in [0.717, 1.165) is 48.7 Å². The molecule has 0 saturated carbocycles. The Bertz CT molecular complexity index is 1390. The van der Waals surface area contributed by atoms with Crippen molar-refractivity contribution >= 4 is 11.7 Å². The minimum absolute atomic E-state index is 0.0464. The molecule has 2 heterocycles. The Balaban J connectivity index is 1.27. The first kappa shape index (κ1) is 25.5. The Morgan fingerprint density at radius 3 is 1.97 bits per heavy atom. The van der Waals surface area contributed by atoms with Gasteiger partial charge < -0.3 is 9.64 Å². The van der Waals surface area contributed by atoms with Crippen molar-refractivity contribution in [2.45, 2.75) is 25.9 Å². The number of ether oxygens (including phenoxy) is 1. The molecule has 1 saturated heterocycles. The molecule has 4 aromatic rings. The molecule has 1 aliphatic heterocycles. The number of piperazine rings is 1. The highest BCUT2D eigenvalue weighted by molar-refractivity contribution is 5.77. The lowest BCUT2D eigenvalue weighted by molar-refractivity contribution is -0.150. The van der Waals surface area contributed by atoms with Crippen molar-refractivity contribution in [2.75, 3.05) is 37.7 Å². The van der Waals surface area contributed by atoms with Crippen molar-refractivity contribution in [3.63, 3.8) is 0 Å². The predicted octanol–water partition coefficient (Wildman–Crippen LogP) is 4.67. The molecule has 0 radical (unpaired) electrons. The van der Waals surface area contributed by atoms with Gasteiger partial charge in [-0.1, -0.05) is 60.7 Å². The summed E-state index contributed by atoms with van der Waals surface area (Å²) in [5.41, 5.74) is 3.93. The minimum atomic E-state index is -0.394. The second-order valence-electron chi connectivity index (χ2n) is 9.55. The summed E-state index contributed by atoms with van der Waals surface area (Å²) in [5, 5.41) is 0. The summed E-state index contributed by atoms with van der Waals surface area (Å²) >= 11 is 0. The lowest BCUT2D eigenvalue weighted by atomic mass is 10.0. The summed E-state index contributed by atoms with van der Waals surface area (Å²) < 4.78 is 8.85. The molecule has 196 valence electrons. The summed E-state index contributed by atoms with van der Waals surface area (Å²) in [5.74, 6) is -0.199. The lowest BCUT2D eigenvalue weighted by Gasteiger charge is -2.39. The summed E-state index contributed by atoms with van der Waals surface area (Å²) in [7, 11) is 0. The highest BCUT2D eigenvalue weighted by atomic mass is 16.5. The van der Waals surface area contributed by atoms with Crippen LogP contribution < -0.4 is 10.6 Å². The molecule has 0 spiro atoms. The van der Waals surface area contributed by atoms with Gasteiger partial charge in [-0.15, -0.1) is 0 Å². The molecule has 1 aromatic heterocycles. The summed E-state index contributed by atoms with van der Waals surface area (Å²) in [6.45, 7) is 7.34. The molecule has 0 unspecified atom stereocenters. The fourth-order valence-corrected chi connectivity index (χ4v) is 5.19. The van der Waals surface area contributed by atoms with E-state index in [9.17, 15) is 9.59 Å². The summed E-state index contributed by atoms with van der Waals surface area (Å²) in [4.78, 5) is 30.5. The zero-order valence-electron chi connectivity index (χ0n) is 21.9. The van der Waals surface area contributed by atoms with E-state index in [1.807, 2.05) is 99.0 Å². The van der Waals surface area contributed by atoms with Crippen LogP contribution in [0.1, 0.15) is 37.1 Å². The topological polar surface area (TPSA) is 59.7 Å². The number of benzene rings is 3. The number of rotatable bonds is 8. The minimum Gasteiger partial charge on any atom is -0.465 e. The van der Waals surface area contributed by atoms with Crippen molar-refractivity contribution < 1.29 is 9.53 Å². The number of aromatic nitrogens is 2. The van der Waals surface area contributed by atoms with E-state index in [0.29, 0.717) is 6.61 Å². The van der Waals surface area contributed by atoms with E-state index in [1.165, 1.54) is 0 Å². The van der Waals surface area contributed by atoms with Gasteiger partial charge in [-0.3, -0.25) is 14.0 Å². The number of esters is 1. The van der Waals surface area contributed by atoms with Gasteiger partial charge >= 0.3 is 11.7 Å². The van der Waals surface area contributed by atoms with Crippen LogP contribution >= 0.6 is 0 Å². The van der Waals surface area contributed by atoms with Crippen LogP contribution in [0.2, 0.25) is 0 Å². The largest absolute Gasteiger partial charge is 0.465 e. The van der Waals surface area contributed by atoms with E-state index < -0.39 is 6.04 Å². The van der Waals surface area contributed by atoms with Gasteiger partial charge in [-0.2, -0.15) is 0 Å². The Morgan fingerprint density at radius 2 is 1.37 bits per heavy atom. The zero-order chi connectivity index (χ0) is 26.5. The maximum absolute atomic E-state index is 13.2. The lowest BCUT2D eigenvalue weighted by Crippen LogP contribution is -2.49. The van der Waals surface area contributed by atoms with Crippen molar-refractivity contribution in [1.82, 2.24) is 14.0 Å². The van der Waals surface area contributed by atoms with E-state index in [-0.39, 0.29) is 17.7 Å². The smallest absolute Gasteiger partial charge is 0.333 e. The number of carbonyl (C=O) groups is 1. The van der Waals surface area contributed by atoms with Gasteiger partial charge in [0, 0.05) is 44.3 Å². The standard InChI is InChI=1S/C31H34N4O3/c1-3-38-30(36)29(26-12-8-5-9-13-26)33-20-18-32(19-21-33)27-14-16-28(17-15-27)35-23-22-34(31(35)37)24(2)25-10-6-4-7-11-25/h4-17,22-24,29H,3,18-21H2,1-2H3/t24-,29+/m1/s1. The zero-order valence-corrected chi connectivity index (χ0v) is 21.9. The number of imidazole rings is 1. The molecular weight excluding hydrogens is 476 g/mol. The molecule has 7 heteroatoms. The third kappa shape index (κ3) is 5.29. The van der Waals surface area contributed by atoms with Gasteiger partial charge in [-0.25, -0.2) is 9.59 Å². The van der Waals surface area contributed by atoms with Gasteiger partial charge in [-0.05, 0) is 49.2 Å². The van der Waals surface area contributed by atoms with E-state index in [4.69, 9.17) is 4.74 Å². The highest BCUT2D eigenvalue weighted by Gasteiger charge is 2.31. The fraction of sp³-hybridized carbons (Fsp3) is 0.290. The van der Waals surface area contributed by atoms with Crippen molar-refractivity contribution in [1.29, 1.82) is 0 Å². The molecule has 0 amide bonds. The van der Waals surface area contributed by atoms with Crippen molar-refractivity contribution in [2.24, 2.45) is 0 Å². The molecule has 5 rings (SSSR count). The molecule has 0 bridgehead atoms. The second kappa shape index (κ2) is 11.5. The molecule has 38 heavy (non-hydrogen) atoms. The van der Waals surface area contributed by atoms with E-state index in [2.05, 4.69) is 21.9 Å². The van der Waals surface area contributed by atoms with Crippen molar-refractivity contribution in [3.8, 4) is 5.69 Å². The van der Waals surface area contributed by atoms with Gasteiger partial charge in [0.25, 0.3) is 0 Å².